The third-order valence-corrected chi connectivity index (χ3v) is 10.5. The Balaban J connectivity index is 3.56. The van der Waals surface area contributed by atoms with E-state index in [-0.39, 0.29) is 25.2 Å². The highest BCUT2D eigenvalue weighted by molar-refractivity contribution is 5.70. The molecule has 5 nitrogen and oxygen atoms in total. The number of carbonyl (C=O) groups is 2. The van der Waals surface area contributed by atoms with Gasteiger partial charge in [-0.25, -0.2) is 0 Å². The quantitative estimate of drug-likeness (QED) is 0.0376. The van der Waals surface area contributed by atoms with Gasteiger partial charge in [-0.3, -0.25) is 9.59 Å². The lowest BCUT2D eigenvalue weighted by Crippen LogP contribution is -2.28. The first-order chi connectivity index (χ1) is 29.1. The van der Waals surface area contributed by atoms with E-state index in [9.17, 15) is 14.7 Å². The van der Waals surface area contributed by atoms with E-state index in [1.54, 1.807) is 0 Å². The van der Waals surface area contributed by atoms with Crippen LogP contribution >= 0.6 is 0 Å². The van der Waals surface area contributed by atoms with Crippen LogP contribution in [0.15, 0.2) is 85.1 Å². The van der Waals surface area contributed by atoms with Crippen molar-refractivity contribution < 1.29 is 24.2 Å². The molecule has 1 atom stereocenters. The topological polar surface area (TPSA) is 72.8 Å². The third-order valence-electron chi connectivity index (χ3n) is 10.5. The van der Waals surface area contributed by atoms with Crippen molar-refractivity contribution in [3.05, 3.63) is 85.1 Å². The van der Waals surface area contributed by atoms with Gasteiger partial charge in [0.15, 0.2) is 6.10 Å². The molecule has 0 bridgehead atoms. The highest BCUT2D eigenvalue weighted by Crippen LogP contribution is 2.15. The fraction of sp³-hybridized carbons (Fsp3) is 0.704. The summed E-state index contributed by atoms with van der Waals surface area (Å²) in [4.78, 5) is 24.4. The van der Waals surface area contributed by atoms with Gasteiger partial charge in [-0.15, -0.1) is 0 Å². The summed E-state index contributed by atoms with van der Waals surface area (Å²) >= 11 is 0. The number of rotatable bonds is 44. The molecule has 0 aliphatic carbocycles. The van der Waals surface area contributed by atoms with Crippen molar-refractivity contribution in [1.29, 1.82) is 0 Å². The second-order valence-electron chi connectivity index (χ2n) is 16.2. The van der Waals surface area contributed by atoms with Crippen LogP contribution in [-0.4, -0.2) is 36.4 Å². The van der Waals surface area contributed by atoms with Crippen LogP contribution in [0.25, 0.3) is 0 Å². The standard InChI is InChI=1S/C54H92O5/c1-3-5-7-9-11-13-15-17-19-20-21-22-23-24-25-26-27-28-29-30-31-32-33-34-35-37-39-41-43-45-47-49-54(57)59-52(50-55)51-58-53(56)48-46-44-42-40-38-36-18-16-14-12-10-8-6-4-2/h5,7,11,13,17,19,21-22,24-25,27-28,30-31,52,55H,3-4,6,8-10,12,14-16,18,20,23,26,29,32-51H2,1-2H3/b7-5-,13-11-,19-17-,22-21-,25-24-,28-27-,31-30-. The van der Waals surface area contributed by atoms with Gasteiger partial charge in [-0.2, -0.15) is 0 Å². The first-order valence-corrected chi connectivity index (χ1v) is 24.6. The van der Waals surface area contributed by atoms with E-state index in [1.807, 2.05) is 0 Å². The Bertz CT molecular complexity index is 1110. The lowest BCUT2D eigenvalue weighted by atomic mass is 10.0. The number of hydrogen-bond donors (Lipinski definition) is 1. The maximum absolute atomic E-state index is 12.2. The first-order valence-electron chi connectivity index (χ1n) is 24.6. The molecule has 1 N–H and O–H groups in total. The maximum Gasteiger partial charge on any atom is 0.306 e. The first kappa shape index (κ1) is 56.1. The average molecular weight is 821 g/mol. The lowest BCUT2D eigenvalue weighted by Gasteiger charge is -2.15. The molecule has 1 unspecified atom stereocenters. The van der Waals surface area contributed by atoms with Crippen LogP contribution in [0.4, 0.5) is 0 Å². The Morgan fingerprint density at radius 1 is 0.407 bits per heavy atom. The number of hydrogen-bond acceptors (Lipinski definition) is 5. The highest BCUT2D eigenvalue weighted by Gasteiger charge is 2.16. The molecule has 0 aliphatic heterocycles. The molecule has 0 radical (unpaired) electrons. The zero-order valence-corrected chi connectivity index (χ0v) is 38.5. The van der Waals surface area contributed by atoms with E-state index in [1.165, 1.54) is 109 Å². The van der Waals surface area contributed by atoms with Crippen LogP contribution in [0.1, 0.15) is 226 Å². The van der Waals surface area contributed by atoms with Crippen LogP contribution in [0.2, 0.25) is 0 Å². The minimum absolute atomic E-state index is 0.0692. The molecule has 338 valence electrons. The minimum atomic E-state index is -0.777. The van der Waals surface area contributed by atoms with Crippen LogP contribution in [0.5, 0.6) is 0 Å². The summed E-state index contributed by atoms with van der Waals surface area (Å²) in [6.45, 7) is 4.02. The Hall–Kier alpha value is -2.92. The summed E-state index contributed by atoms with van der Waals surface area (Å²) in [5.74, 6) is -0.596. The molecule has 0 rings (SSSR count). The van der Waals surface area contributed by atoms with Crippen molar-refractivity contribution in [1.82, 2.24) is 0 Å². The fourth-order valence-corrected chi connectivity index (χ4v) is 6.77. The van der Waals surface area contributed by atoms with Gasteiger partial charge in [0.1, 0.15) is 6.61 Å². The molecule has 0 heterocycles. The minimum Gasteiger partial charge on any atom is -0.462 e. The Morgan fingerprint density at radius 2 is 0.729 bits per heavy atom. The second kappa shape index (κ2) is 49.4. The van der Waals surface area contributed by atoms with Crippen molar-refractivity contribution in [2.45, 2.75) is 232 Å². The average Bonchev–Trinajstić information content (AvgIpc) is 3.24. The van der Waals surface area contributed by atoms with E-state index in [2.05, 4.69) is 98.9 Å². The van der Waals surface area contributed by atoms with Crippen molar-refractivity contribution in [3.8, 4) is 0 Å². The van der Waals surface area contributed by atoms with Gasteiger partial charge in [0.2, 0.25) is 0 Å². The van der Waals surface area contributed by atoms with Gasteiger partial charge in [0, 0.05) is 12.8 Å². The van der Waals surface area contributed by atoms with Crippen LogP contribution in [0, 0.1) is 0 Å². The molecule has 0 aromatic carbocycles. The molecule has 59 heavy (non-hydrogen) atoms. The third kappa shape index (κ3) is 47.6. The van der Waals surface area contributed by atoms with Gasteiger partial charge in [0.25, 0.3) is 0 Å². The summed E-state index contributed by atoms with van der Waals surface area (Å²) in [5.41, 5.74) is 0. The number of allylic oxidation sites excluding steroid dienone is 14. The summed E-state index contributed by atoms with van der Waals surface area (Å²) in [6.07, 6.45) is 68.1. The highest BCUT2D eigenvalue weighted by atomic mass is 16.6. The van der Waals surface area contributed by atoms with E-state index in [0.717, 1.165) is 89.9 Å². The van der Waals surface area contributed by atoms with Crippen molar-refractivity contribution >= 4 is 11.9 Å². The molecule has 0 aromatic rings. The largest absolute Gasteiger partial charge is 0.462 e. The molecule has 0 spiro atoms. The number of ether oxygens (including phenoxy) is 2. The molecule has 0 saturated heterocycles. The van der Waals surface area contributed by atoms with E-state index in [4.69, 9.17) is 9.47 Å². The van der Waals surface area contributed by atoms with Crippen molar-refractivity contribution in [2.24, 2.45) is 0 Å². The summed E-state index contributed by atoms with van der Waals surface area (Å²) in [7, 11) is 0. The van der Waals surface area contributed by atoms with Gasteiger partial charge in [-0.05, 0) is 70.6 Å². The molecule has 0 fully saturated rings. The molecular weight excluding hydrogens is 729 g/mol. The Labute approximate surface area is 365 Å². The zero-order chi connectivity index (χ0) is 42.8. The Morgan fingerprint density at radius 3 is 1.10 bits per heavy atom. The normalized spacial score (nSPS) is 12.9. The molecular formula is C54H92O5. The zero-order valence-electron chi connectivity index (χ0n) is 38.5. The number of aliphatic hydroxyl groups excluding tert-OH is 1. The molecule has 0 aromatic heterocycles. The predicted octanol–water partition coefficient (Wildman–Crippen LogP) is 16.2. The van der Waals surface area contributed by atoms with E-state index in [0.29, 0.717) is 12.8 Å². The fourth-order valence-electron chi connectivity index (χ4n) is 6.77. The molecule has 0 amide bonds. The van der Waals surface area contributed by atoms with Crippen LogP contribution < -0.4 is 0 Å². The van der Waals surface area contributed by atoms with Crippen molar-refractivity contribution in [2.75, 3.05) is 13.2 Å². The SMILES string of the molecule is CC/C=C\C/C=C\C/C=C\C/C=C\C/C=C\C/C=C\C/C=C\CCCCCCCCCCCC(=O)OC(CO)COC(=O)CCCCCCCCCCCCCCCC. The van der Waals surface area contributed by atoms with Gasteiger partial charge >= 0.3 is 11.9 Å². The second-order valence-corrected chi connectivity index (χ2v) is 16.2. The molecule has 0 aliphatic rings. The van der Waals surface area contributed by atoms with E-state index >= 15 is 0 Å². The summed E-state index contributed by atoms with van der Waals surface area (Å²) in [5, 5.41) is 9.60. The molecule has 0 saturated carbocycles. The van der Waals surface area contributed by atoms with Crippen LogP contribution in [-0.2, 0) is 19.1 Å². The van der Waals surface area contributed by atoms with E-state index < -0.39 is 6.10 Å². The summed E-state index contributed by atoms with van der Waals surface area (Å²) < 4.78 is 10.7. The smallest absolute Gasteiger partial charge is 0.306 e. The maximum atomic E-state index is 12.2. The monoisotopic (exact) mass is 821 g/mol. The molecule has 5 heteroatoms. The van der Waals surface area contributed by atoms with Gasteiger partial charge in [-0.1, -0.05) is 227 Å². The van der Waals surface area contributed by atoms with Crippen LogP contribution in [0.3, 0.4) is 0 Å². The summed E-state index contributed by atoms with van der Waals surface area (Å²) in [6, 6.07) is 0. The number of aliphatic hydroxyl groups is 1. The van der Waals surface area contributed by atoms with Gasteiger partial charge in [0.05, 0.1) is 6.61 Å². The number of carbonyl (C=O) groups excluding carboxylic acids is 2. The Kier molecular flexibility index (Phi) is 47.0. The number of unbranched alkanes of at least 4 members (excludes halogenated alkanes) is 22. The predicted molar refractivity (Wildman–Crippen MR) is 256 cm³/mol. The number of esters is 2. The lowest BCUT2D eigenvalue weighted by molar-refractivity contribution is -0.161. The van der Waals surface area contributed by atoms with Crippen molar-refractivity contribution in [3.63, 3.8) is 0 Å². The van der Waals surface area contributed by atoms with Gasteiger partial charge < -0.3 is 14.6 Å².